The van der Waals surface area contributed by atoms with E-state index in [2.05, 4.69) is 22.6 Å². The largest absolute Gasteiger partial charge is 0.497 e. The minimum absolute atomic E-state index is 0.0356. The molecule has 0 bridgehead atoms. The molecule has 1 aromatic heterocycles. The molecule has 6 heteroatoms. The summed E-state index contributed by atoms with van der Waals surface area (Å²) in [5.41, 5.74) is 3.81. The first-order chi connectivity index (χ1) is 14.0. The molecule has 3 rings (SSSR count). The van der Waals surface area contributed by atoms with Crippen LogP contribution >= 0.6 is 0 Å². The highest BCUT2D eigenvalue weighted by molar-refractivity contribution is 7.86. The zero-order chi connectivity index (χ0) is 21.0. The Labute approximate surface area is 173 Å². The summed E-state index contributed by atoms with van der Waals surface area (Å²) < 4.78 is 22.2. The number of nitrogens with one attached hydrogen (secondary N) is 1. The first kappa shape index (κ1) is 20.5. The molecule has 0 spiro atoms. The van der Waals surface area contributed by atoms with E-state index in [0.29, 0.717) is 17.8 Å². The van der Waals surface area contributed by atoms with Crippen molar-refractivity contribution >= 4 is 27.6 Å². The van der Waals surface area contributed by atoms with Crippen molar-refractivity contribution in [2.75, 3.05) is 11.8 Å². The molecular weight excluding hydrogens is 382 g/mol. The Bertz CT molecular complexity index is 1160. The fraction of sp³-hybridized carbons (Fsp3) is 0.261. The number of nitrogens with zero attached hydrogens (tertiary/aromatic N) is 2. The Morgan fingerprint density at radius 2 is 1.90 bits per heavy atom. The van der Waals surface area contributed by atoms with Crippen molar-refractivity contribution in [2.24, 2.45) is 0 Å². The van der Waals surface area contributed by atoms with Crippen molar-refractivity contribution in [1.82, 2.24) is 4.57 Å². The van der Waals surface area contributed by atoms with Crippen LogP contribution < -0.4 is 9.46 Å². The van der Waals surface area contributed by atoms with Crippen LogP contribution in [0.15, 0.2) is 42.5 Å². The van der Waals surface area contributed by atoms with Gasteiger partial charge in [0.2, 0.25) is 0 Å². The van der Waals surface area contributed by atoms with Gasteiger partial charge in [0, 0.05) is 34.5 Å². The maximum Gasteiger partial charge on any atom is 0.120 e. The van der Waals surface area contributed by atoms with Gasteiger partial charge in [0.25, 0.3) is 0 Å². The molecule has 3 aromatic rings. The van der Waals surface area contributed by atoms with Gasteiger partial charge in [-0.25, -0.2) is 4.21 Å². The number of benzene rings is 2. The number of ether oxygens (including phenoxy) is 1. The molecule has 0 radical (unpaired) electrons. The summed E-state index contributed by atoms with van der Waals surface area (Å²) in [5.74, 6) is 7.07. The lowest BCUT2D eigenvalue weighted by Crippen LogP contribution is -2.14. The summed E-state index contributed by atoms with van der Waals surface area (Å²) in [6.07, 6.45) is 0. The molecule has 0 saturated carbocycles. The summed E-state index contributed by atoms with van der Waals surface area (Å²) in [6, 6.07) is 15.5. The molecule has 1 atom stereocenters. The Kier molecular flexibility index (Phi) is 6.26. The van der Waals surface area contributed by atoms with Gasteiger partial charge >= 0.3 is 0 Å². The van der Waals surface area contributed by atoms with E-state index in [9.17, 15) is 9.47 Å². The predicted octanol–water partition coefficient (Wildman–Crippen LogP) is 4.43. The van der Waals surface area contributed by atoms with E-state index in [1.165, 1.54) is 0 Å². The molecule has 0 aliphatic carbocycles. The van der Waals surface area contributed by atoms with E-state index in [-0.39, 0.29) is 5.25 Å². The van der Waals surface area contributed by atoms with Crippen molar-refractivity contribution in [3.05, 3.63) is 59.3 Å². The van der Waals surface area contributed by atoms with Crippen LogP contribution in [-0.4, -0.2) is 21.1 Å². The van der Waals surface area contributed by atoms with Crippen LogP contribution in [0.1, 0.15) is 37.6 Å². The number of fused-ring (bicyclic) bond motifs is 1. The maximum absolute atomic E-state index is 11.9. The topological polar surface area (TPSA) is 67.0 Å². The third kappa shape index (κ3) is 4.29. The minimum atomic E-state index is -1.12. The van der Waals surface area contributed by atoms with Crippen molar-refractivity contribution in [2.45, 2.75) is 32.6 Å². The Morgan fingerprint density at radius 1 is 1.17 bits per heavy atom. The molecule has 0 amide bonds. The van der Waals surface area contributed by atoms with Crippen molar-refractivity contribution in [1.29, 1.82) is 5.26 Å². The molecule has 0 saturated heterocycles. The molecular formula is C23H23N3O2S. The summed E-state index contributed by atoms with van der Waals surface area (Å²) in [7, 11) is 0.507. The standard InChI is InChI=1S/C23H23N3O2S/c1-5-26-22(21(15-24)20-12-11-19(28-4)14-23(20)26)13-8-17-6-9-18(10-7-17)25-29(27)16(2)3/h6-7,9-12,14,16,25H,5H2,1-4H3. The second-order valence-corrected chi connectivity index (χ2v) is 8.48. The Balaban J connectivity index is 1.98. The van der Waals surface area contributed by atoms with Crippen LogP contribution in [0.25, 0.3) is 10.9 Å². The zero-order valence-electron chi connectivity index (χ0n) is 16.9. The van der Waals surface area contributed by atoms with Gasteiger partial charge in [-0.2, -0.15) is 5.26 Å². The molecule has 0 aliphatic rings. The lowest BCUT2D eigenvalue weighted by atomic mass is 10.1. The molecule has 1 unspecified atom stereocenters. The third-order valence-corrected chi connectivity index (χ3v) is 5.85. The molecule has 2 aromatic carbocycles. The fourth-order valence-corrected chi connectivity index (χ4v) is 3.62. The normalized spacial score (nSPS) is 11.6. The van der Waals surface area contributed by atoms with Gasteiger partial charge in [0.05, 0.1) is 18.2 Å². The van der Waals surface area contributed by atoms with Gasteiger partial charge in [0.1, 0.15) is 28.5 Å². The van der Waals surface area contributed by atoms with E-state index >= 15 is 0 Å². The molecule has 0 fully saturated rings. The van der Waals surface area contributed by atoms with E-state index < -0.39 is 11.0 Å². The quantitative estimate of drug-likeness (QED) is 0.639. The van der Waals surface area contributed by atoms with E-state index in [1.807, 2.05) is 67.8 Å². The van der Waals surface area contributed by atoms with Crippen LogP contribution in [-0.2, 0) is 17.5 Å². The number of anilines is 1. The summed E-state index contributed by atoms with van der Waals surface area (Å²) >= 11 is 0. The van der Waals surface area contributed by atoms with Crippen LogP contribution in [0.5, 0.6) is 5.75 Å². The highest BCUT2D eigenvalue weighted by Gasteiger charge is 2.15. The van der Waals surface area contributed by atoms with Gasteiger partial charge < -0.3 is 14.0 Å². The minimum Gasteiger partial charge on any atom is -0.497 e. The average molecular weight is 406 g/mol. The number of aryl methyl sites for hydroxylation is 1. The van der Waals surface area contributed by atoms with Crippen LogP contribution in [0.2, 0.25) is 0 Å². The number of hydrogen-bond acceptors (Lipinski definition) is 3. The number of methoxy groups -OCH3 is 1. The summed E-state index contributed by atoms with van der Waals surface area (Å²) in [4.78, 5) is 0. The van der Waals surface area contributed by atoms with Crippen molar-refractivity contribution < 1.29 is 8.95 Å². The second-order valence-electron chi connectivity index (χ2n) is 6.74. The smallest absolute Gasteiger partial charge is 0.120 e. The van der Waals surface area contributed by atoms with Crippen molar-refractivity contribution in [3.8, 4) is 23.7 Å². The number of aromatic nitrogens is 1. The Morgan fingerprint density at radius 3 is 2.48 bits per heavy atom. The lowest BCUT2D eigenvalue weighted by molar-refractivity contribution is 0.415. The van der Waals surface area contributed by atoms with E-state index in [0.717, 1.165) is 27.9 Å². The van der Waals surface area contributed by atoms with Crippen LogP contribution in [0, 0.1) is 23.2 Å². The molecule has 5 nitrogen and oxygen atoms in total. The Hall–Kier alpha value is -3.22. The number of rotatable bonds is 5. The molecule has 0 aliphatic heterocycles. The maximum atomic E-state index is 11.9. The predicted molar refractivity (Wildman–Crippen MR) is 118 cm³/mol. The van der Waals surface area contributed by atoms with Gasteiger partial charge in [0.15, 0.2) is 0 Å². The summed E-state index contributed by atoms with van der Waals surface area (Å²) in [5, 5.41) is 10.6. The lowest BCUT2D eigenvalue weighted by Gasteiger charge is -2.08. The molecule has 29 heavy (non-hydrogen) atoms. The summed E-state index contributed by atoms with van der Waals surface area (Å²) in [6.45, 7) is 6.52. The number of hydrogen-bond donors (Lipinski definition) is 1. The second kappa shape index (κ2) is 8.86. The van der Waals surface area contributed by atoms with Gasteiger partial charge in [-0.05, 0) is 63.1 Å². The first-order valence-electron chi connectivity index (χ1n) is 9.38. The monoisotopic (exact) mass is 405 g/mol. The van der Waals surface area contributed by atoms with Gasteiger partial charge in [-0.1, -0.05) is 5.92 Å². The highest BCUT2D eigenvalue weighted by atomic mass is 32.2. The zero-order valence-corrected chi connectivity index (χ0v) is 17.8. The van der Waals surface area contributed by atoms with Crippen LogP contribution in [0.4, 0.5) is 5.69 Å². The fourth-order valence-electron chi connectivity index (χ4n) is 3.01. The van der Waals surface area contributed by atoms with E-state index in [1.54, 1.807) is 7.11 Å². The van der Waals surface area contributed by atoms with Gasteiger partial charge in [-0.15, -0.1) is 0 Å². The number of nitriles is 1. The highest BCUT2D eigenvalue weighted by Crippen LogP contribution is 2.29. The molecule has 148 valence electrons. The van der Waals surface area contributed by atoms with E-state index in [4.69, 9.17) is 4.74 Å². The first-order valence-corrected chi connectivity index (χ1v) is 10.6. The SMILES string of the molecule is CCn1c(C#Cc2ccc(NS(=O)C(C)C)cc2)c(C#N)c2ccc(OC)cc21. The van der Waals surface area contributed by atoms with Crippen molar-refractivity contribution in [3.63, 3.8) is 0 Å². The third-order valence-electron chi connectivity index (χ3n) is 4.56. The average Bonchev–Trinajstić information content (AvgIpc) is 3.04. The molecule has 1 heterocycles. The molecule has 1 N–H and O–H groups in total. The van der Waals surface area contributed by atoms with Crippen LogP contribution in [0.3, 0.4) is 0 Å². The van der Waals surface area contributed by atoms with Gasteiger partial charge in [-0.3, -0.25) is 0 Å².